The van der Waals surface area contributed by atoms with Crippen LogP contribution in [0.25, 0.3) is 0 Å². The van der Waals surface area contributed by atoms with Gasteiger partial charge in [-0.1, -0.05) is 11.6 Å². The van der Waals surface area contributed by atoms with Crippen LogP contribution in [0.2, 0.25) is 5.02 Å². The van der Waals surface area contributed by atoms with Crippen molar-refractivity contribution >= 4 is 29.9 Å². The molecule has 2 rings (SSSR count). The van der Waals surface area contributed by atoms with Gasteiger partial charge in [-0.05, 0) is 18.2 Å². The average molecular weight is 202 g/mol. The predicted molar refractivity (Wildman–Crippen MR) is 53.3 cm³/mol. The van der Waals surface area contributed by atoms with Crippen molar-refractivity contribution in [3.63, 3.8) is 0 Å². The van der Waals surface area contributed by atoms with Gasteiger partial charge < -0.3 is 10.1 Å². The first-order valence-electron chi connectivity index (χ1n) is 3.64. The van der Waals surface area contributed by atoms with Crippen molar-refractivity contribution in [1.29, 1.82) is 0 Å². The molecular weight excluding hydrogens is 194 g/mol. The molecule has 0 amide bonds. The summed E-state index contributed by atoms with van der Waals surface area (Å²) in [5, 5.41) is 3.88. The highest BCUT2D eigenvalue weighted by atomic mass is 35.5. The first kappa shape index (κ1) is 8.08. The lowest BCUT2D eigenvalue weighted by Gasteiger charge is -2.23. The molecule has 1 aliphatic rings. The van der Waals surface area contributed by atoms with Crippen LogP contribution in [0, 0.1) is 0 Å². The Bertz CT molecular complexity index is 305. The van der Waals surface area contributed by atoms with Crippen molar-refractivity contribution in [2.24, 2.45) is 0 Å². The number of rotatable bonds is 0. The summed E-state index contributed by atoms with van der Waals surface area (Å²) in [6.07, 6.45) is 0. The van der Waals surface area contributed by atoms with Gasteiger partial charge in [0.2, 0.25) is 0 Å². The van der Waals surface area contributed by atoms with Crippen LogP contribution in [0.3, 0.4) is 0 Å². The van der Waals surface area contributed by atoms with E-state index >= 15 is 0 Å². The first-order chi connectivity index (χ1) is 5.75. The monoisotopic (exact) mass is 201 g/mol. The maximum atomic E-state index is 5.80. The highest BCUT2D eigenvalue weighted by molar-refractivity contribution is 7.80. The van der Waals surface area contributed by atoms with E-state index < -0.39 is 0 Å². The topological polar surface area (TPSA) is 21.3 Å². The van der Waals surface area contributed by atoms with E-state index in [9.17, 15) is 0 Å². The molecule has 1 aliphatic heterocycles. The second-order valence-corrected chi connectivity index (χ2v) is 3.61. The maximum Gasteiger partial charge on any atom is 0.159 e. The second-order valence-electron chi connectivity index (χ2n) is 2.59. The number of fused-ring (bicyclic) bond motifs is 1. The van der Waals surface area contributed by atoms with Crippen LogP contribution in [0.15, 0.2) is 18.2 Å². The van der Waals surface area contributed by atoms with Crippen molar-refractivity contribution in [2.45, 2.75) is 5.44 Å². The van der Waals surface area contributed by atoms with Crippen LogP contribution >= 0.6 is 24.2 Å². The van der Waals surface area contributed by atoms with Gasteiger partial charge in [0.25, 0.3) is 0 Å². The minimum atomic E-state index is -0.0707. The normalized spacial score (nSPS) is 20.7. The molecule has 2 nitrogen and oxygen atoms in total. The van der Waals surface area contributed by atoms with Crippen LogP contribution in [0.1, 0.15) is 0 Å². The molecule has 1 aromatic rings. The molecule has 12 heavy (non-hydrogen) atoms. The Morgan fingerprint density at radius 2 is 2.42 bits per heavy atom. The molecule has 0 fully saturated rings. The first-order valence-corrected chi connectivity index (χ1v) is 4.53. The molecule has 1 heterocycles. The van der Waals surface area contributed by atoms with Crippen molar-refractivity contribution in [1.82, 2.24) is 0 Å². The summed E-state index contributed by atoms with van der Waals surface area (Å²) in [6.45, 7) is 0.705. The Hall–Kier alpha value is -0.540. The molecule has 0 radical (unpaired) electrons. The molecule has 0 spiro atoms. The minimum Gasteiger partial charge on any atom is -0.476 e. The van der Waals surface area contributed by atoms with Gasteiger partial charge in [-0.15, -0.1) is 12.6 Å². The molecular formula is C8H8ClNOS. The van der Waals surface area contributed by atoms with Crippen molar-refractivity contribution in [3.05, 3.63) is 23.2 Å². The number of ether oxygens (including phenoxy) is 1. The number of nitrogens with one attached hydrogen (secondary N) is 1. The van der Waals surface area contributed by atoms with Gasteiger partial charge in [0.15, 0.2) is 5.44 Å². The molecule has 4 heteroatoms. The summed E-state index contributed by atoms with van der Waals surface area (Å²) < 4.78 is 5.43. The lowest BCUT2D eigenvalue weighted by atomic mass is 10.2. The fourth-order valence-electron chi connectivity index (χ4n) is 1.13. The quantitative estimate of drug-likeness (QED) is 0.629. The van der Waals surface area contributed by atoms with Crippen LogP contribution in [-0.2, 0) is 0 Å². The summed E-state index contributed by atoms with van der Waals surface area (Å²) in [4.78, 5) is 0. The lowest BCUT2D eigenvalue weighted by Crippen LogP contribution is -2.25. The largest absolute Gasteiger partial charge is 0.476 e. The van der Waals surface area contributed by atoms with Gasteiger partial charge in [0, 0.05) is 5.02 Å². The molecule has 0 saturated carbocycles. The van der Waals surface area contributed by atoms with E-state index in [0.29, 0.717) is 11.6 Å². The van der Waals surface area contributed by atoms with Gasteiger partial charge >= 0.3 is 0 Å². The number of hydrogen-bond acceptors (Lipinski definition) is 3. The zero-order valence-corrected chi connectivity index (χ0v) is 7.90. The highest BCUT2D eigenvalue weighted by Crippen LogP contribution is 2.31. The molecule has 0 aliphatic carbocycles. The molecule has 1 unspecified atom stereocenters. The van der Waals surface area contributed by atoms with Crippen LogP contribution in [0.5, 0.6) is 5.75 Å². The van der Waals surface area contributed by atoms with Crippen molar-refractivity contribution in [3.8, 4) is 5.75 Å². The van der Waals surface area contributed by atoms with Crippen molar-refractivity contribution < 1.29 is 4.74 Å². The number of thiol groups is 1. The molecule has 0 saturated heterocycles. The molecule has 1 atom stereocenters. The lowest BCUT2D eigenvalue weighted by molar-refractivity contribution is 0.293. The Kier molecular flexibility index (Phi) is 2.07. The van der Waals surface area contributed by atoms with Gasteiger partial charge in [-0.2, -0.15) is 0 Å². The average Bonchev–Trinajstić information content (AvgIpc) is 2.05. The third-order valence-electron chi connectivity index (χ3n) is 1.67. The molecule has 1 N–H and O–H groups in total. The Balaban J connectivity index is 2.37. The predicted octanol–water partition coefficient (Wildman–Crippen LogP) is 2.40. The molecule has 1 aromatic carbocycles. The summed E-state index contributed by atoms with van der Waals surface area (Å²) in [6, 6.07) is 5.48. The minimum absolute atomic E-state index is 0.0707. The summed E-state index contributed by atoms with van der Waals surface area (Å²) >= 11 is 9.99. The summed E-state index contributed by atoms with van der Waals surface area (Å²) in [5.74, 6) is 0.811. The van der Waals surface area contributed by atoms with Crippen LogP contribution in [-0.4, -0.2) is 12.0 Å². The Labute approximate surface area is 81.3 Å². The van der Waals surface area contributed by atoms with E-state index in [1.54, 1.807) is 6.07 Å². The third-order valence-corrected chi connectivity index (χ3v) is 2.19. The van der Waals surface area contributed by atoms with E-state index in [1.165, 1.54) is 0 Å². The zero-order valence-electron chi connectivity index (χ0n) is 6.25. The number of benzene rings is 1. The number of anilines is 1. The van der Waals surface area contributed by atoms with Crippen molar-refractivity contribution in [2.75, 3.05) is 11.9 Å². The number of halogens is 1. The van der Waals surface area contributed by atoms with E-state index in [4.69, 9.17) is 16.3 Å². The van der Waals surface area contributed by atoms with Crippen LogP contribution < -0.4 is 10.1 Å². The summed E-state index contributed by atoms with van der Waals surface area (Å²) in [7, 11) is 0. The molecule has 0 aromatic heterocycles. The van der Waals surface area contributed by atoms with E-state index in [0.717, 1.165) is 11.4 Å². The van der Waals surface area contributed by atoms with Gasteiger partial charge in [0.1, 0.15) is 5.75 Å². The highest BCUT2D eigenvalue weighted by Gasteiger charge is 2.15. The fraction of sp³-hybridized carbons (Fsp3) is 0.250. The van der Waals surface area contributed by atoms with E-state index in [-0.39, 0.29) is 5.44 Å². The van der Waals surface area contributed by atoms with Gasteiger partial charge in [0.05, 0.1) is 12.2 Å². The second kappa shape index (κ2) is 3.07. The summed E-state index contributed by atoms with van der Waals surface area (Å²) in [5.41, 5.74) is 0.867. The Morgan fingerprint density at radius 3 is 3.25 bits per heavy atom. The third kappa shape index (κ3) is 1.47. The zero-order chi connectivity index (χ0) is 8.55. The van der Waals surface area contributed by atoms with E-state index in [2.05, 4.69) is 17.9 Å². The number of hydrogen-bond donors (Lipinski definition) is 2. The Morgan fingerprint density at radius 1 is 1.58 bits per heavy atom. The van der Waals surface area contributed by atoms with Gasteiger partial charge in [-0.25, -0.2) is 0 Å². The molecule has 0 bridgehead atoms. The molecule has 64 valence electrons. The SMILES string of the molecule is SC1CNc2cc(Cl)ccc2O1. The van der Waals surface area contributed by atoms with Gasteiger partial charge in [-0.3, -0.25) is 0 Å². The standard InChI is InChI=1S/C8H8ClNOS/c9-5-1-2-7-6(3-5)10-4-8(12)11-7/h1-3,8,10,12H,4H2. The smallest absolute Gasteiger partial charge is 0.159 e. The fourth-order valence-corrected chi connectivity index (χ4v) is 1.51. The van der Waals surface area contributed by atoms with Crippen LogP contribution in [0.4, 0.5) is 5.69 Å². The van der Waals surface area contributed by atoms with E-state index in [1.807, 2.05) is 12.1 Å². The maximum absolute atomic E-state index is 5.80.